The van der Waals surface area contributed by atoms with Gasteiger partial charge in [-0.3, -0.25) is 9.78 Å². The Morgan fingerprint density at radius 3 is 2.83 bits per heavy atom. The molecule has 0 bridgehead atoms. The average molecular weight is 393 g/mol. The third-order valence-corrected chi connectivity index (χ3v) is 4.82. The summed E-state index contributed by atoms with van der Waals surface area (Å²) >= 11 is 0. The van der Waals surface area contributed by atoms with Crippen molar-refractivity contribution in [2.45, 2.75) is 39.0 Å². The van der Waals surface area contributed by atoms with Crippen molar-refractivity contribution in [3.8, 4) is 0 Å². The first kappa shape index (κ1) is 20.6. The van der Waals surface area contributed by atoms with Crippen molar-refractivity contribution in [1.29, 1.82) is 0 Å². The summed E-state index contributed by atoms with van der Waals surface area (Å²) in [6.07, 6.45) is 11.1. The number of pyridine rings is 1. The summed E-state index contributed by atoms with van der Waals surface area (Å²) in [6, 6.07) is 8.82. The third-order valence-electron chi connectivity index (χ3n) is 4.82. The first-order valence-corrected chi connectivity index (χ1v) is 10.1. The van der Waals surface area contributed by atoms with Crippen molar-refractivity contribution < 1.29 is 14.3 Å². The molecule has 0 atom stereocenters. The van der Waals surface area contributed by atoms with E-state index in [-0.39, 0.29) is 5.91 Å². The molecular formula is C23H27N3O3. The molecule has 1 amide bonds. The summed E-state index contributed by atoms with van der Waals surface area (Å²) in [5, 5.41) is 6.12. The Morgan fingerprint density at radius 1 is 1.17 bits per heavy atom. The molecule has 3 rings (SSSR count). The number of hydrogen-bond acceptors (Lipinski definition) is 5. The average Bonchev–Trinajstić information content (AvgIpc) is 2.75. The fourth-order valence-electron chi connectivity index (χ4n) is 3.34. The van der Waals surface area contributed by atoms with E-state index in [0.29, 0.717) is 35.7 Å². The van der Waals surface area contributed by atoms with Gasteiger partial charge in [0.15, 0.2) is 0 Å². The van der Waals surface area contributed by atoms with E-state index in [1.54, 1.807) is 37.4 Å². The zero-order chi connectivity index (χ0) is 20.5. The second kappa shape index (κ2) is 10.4. The SMILES string of the molecule is CCOC(=O)c1ccccc1Nc1cncc(C(=O)NCCC2=CCCCC2)c1. The molecule has 1 aromatic carbocycles. The van der Waals surface area contributed by atoms with Gasteiger partial charge in [0.05, 0.1) is 35.3 Å². The molecule has 0 fully saturated rings. The lowest BCUT2D eigenvalue weighted by Gasteiger charge is -2.13. The summed E-state index contributed by atoms with van der Waals surface area (Å²) in [5.74, 6) is -0.550. The fraction of sp³-hybridized carbons (Fsp3) is 0.348. The molecule has 1 aliphatic carbocycles. The van der Waals surface area contributed by atoms with Gasteiger partial charge in [0, 0.05) is 12.7 Å². The summed E-state index contributed by atoms with van der Waals surface area (Å²) in [7, 11) is 0. The van der Waals surface area contributed by atoms with Gasteiger partial charge < -0.3 is 15.4 Å². The van der Waals surface area contributed by atoms with Crippen LogP contribution in [0.15, 0.2) is 54.4 Å². The topological polar surface area (TPSA) is 80.3 Å². The number of aromatic nitrogens is 1. The first-order valence-electron chi connectivity index (χ1n) is 10.1. The number of carbonyl (C=O) groups is 2. The Labute approximate surface area is 171 Å². The van der Waals surface area contributed by atoms with E-state index in [9.17, 15) is 9.59 Å². The van der Waals surface area contributed by atoms with Crippen molar-refractivity contribution in [3.05, 3.63) is 65.5 Å². The minimum absolute atomic E-state index is 0.156. The van der Waals surface area contributed by atoms with Gasteiger partial charge in [0.25, 0.3) is 5.91 Å². The lowest BCUT2D eigenvalue weighted by molar-refractivity contribution is 0.0527. The van der Waals surface area contributed by atoms with Gasteiger partial charge in [-0.15, -0.1) is 0 Å². The molecule has 6 nitrogen and oxygen atoms in total. The predicted molar refractivity (Wildman–Crippen MR) is 113 cm³/mol. The van der Waals surface area contributed by atoms with Crippen molar-refractivity contribution in [2.24, 2.45) is 0 Å². The van der Waals surface area contributed by atoms with Crippen molar-refractivity contribution >= 4 is 23.3 Å². The molecule has 152 valence electrons. The van der Waals surface area contributed by atoms with E-state index >= 15 is 0 Å². The molecule has 1 aliphatic rings. The lowest BCUT2D eigenvalue weighted by atomic mass is 9.97. The predicted octanol–water partition coefficient (Wildman–Crippen LogP) is 4.62. The molecule has 0 saturated heterocycles. The second-order valence-electron chi connectivity index (χ2n) is 6.97. The number of anilines is 2. The van der Waals surface area contributed by atoms with Crippen LogP contribution in [0.3, 0.4) is 0 Å². The number of hydrogen-bond donors (Lipinski definition) is 2. The van der Waals surface area contributed by atoms with Crippen LogP contribution in [0.4, 0.5) is 11.4 Å². The molecule has 2 aromatic rings. The zero-order valence-corrected chi connectivity index (χ0v) is 16.7. The number of benzene rings is 1. The third kappa shape index (κ3) is 5.91. The van der Waals surface area contributed by atoms with Crippen molar-refractivity contribution in [1.82, 2.24) is 10.3 Å². The quantitative estimate of drug-likeness (QED) is 0.505. The number of rotatable bonds is 8. The Hall–Kier alpha value is -3.15. The van der Waals surface area contributed by atoms with Crippen LogP contribution in [0.25, 0.3) is 0 Å². The maximum absolute atomic E-state index is 12.5. The minimum Gasteiger partial charge on any atom is -0.462 e. The summed E-state index contributed by atoms with van der Waals surface area (Å²) in [5.41, 5.74) is 3.57. The number of ether oxygens (including phenoxy) is 1. The normalized spacial score (nSPS) is 13.3. The van der Waals surface area contributed by atoms with Gasteiger partial charge >= 0.3 is 5.97 Å². The summed E-state index contributed by atoms with van der Waals surface area (Å²) in [4.78, 5) is 28.8. The number of amides is 1. The zero-order valence-electron chi connectivity index (χ0n) is 16.7. The maximum Gasteiger partial charge on any atom is 0.340 e. The van der Waals surface area contributed by atoms with Crippen LogP contribution in [0.5, 0.6) is 0 Å². The van der Waals surface area contributed by atoms with Crippen LogP contribution >= 0.6 is 0 Å². The van der Waals surface area contributed by atoms with E-state index in [0.717, 1.165) is 19.3 Å². The molecule has 6 heteroatoms. The van der Waals surface area contributed by atoms with Crippen LogP contribution in [0.1, 0.15) is 59.7 Å². The minimum atomic E-state index is -0.394. The van der Waals surface area contributed by atoms with E-state index in [2.05, 4.69) is 21.7 Å². The van der Waals surface area contributed by atoms with Crippen LogP contribution in [0.2, 0.25) is 0 Å². The molecule has 0 saturated carbocycles. The largest absolute Gasteiger partial charge is 0.462 e. The van der Waals surface area contributed by atoms with Crippen LogP contribution in [-0.4, -0.2) is 30.0 Å². The molecule has 2 N–H and O–H groups in total. The van der Waals surface area contributed by atoms with Crippen LogP contribution in [0, 0.1) is 0 Å². The number of allylic oxidation sites excluding steroid dienone is 1. The first-order chi connectivity index (χ1) is 14.2. The van der Waals surface area contributed by atoms with E-state index in [1.165, 1.54) is 24.6 Å². The Bertz CT molecular complexity index is 892. The molecular weight excluding hydrogens is 366 g/mol. The summed E-state index contributed by atoms with van der Waals surface area (Å²) < 4.78 is 5.10. The van der Waals surface area contributed by atoms with E-state index in [4.69, 9.17) is 4.74 Å². The van der Waals surface area contributed by atoms with Gasteiger partial charge in [-0.1, -0.05) is 23.8 Å². The van der Waals surface area contributed by atoms with Gasteiger partial charge in [0.2, 0.25) is 0 Å². The molecule has 0 aliphatic heterocycles. The van der Waals surface area contributed by atoms with Gasteiger partial charge in [-0.2, -0.15) is 0 Å². The fourth-order valence-corrected chi connectivity index (χ4v) is 3.34. The maximum atomic E-state index is 12.5. The summed E-state index contributed by atoms with van der Waals surface area (Å²) in [6.45, 7) is 2.69. The Kier molecular flexibility index (Phi) is 7.39. The van der Waals surface area contributed by atoms with Gasteiger partial charge in [-0.05, 0) is 57.2 Å². The number of nitrogens with one attached hydrogen (secondary N) is 2. The van der Waals surface area contributed by atoms with Crippen molar-refractivity contribution in [2.75, 3.05) is 18.5 Å². The highest BCUT2D eigenvalue weighted by molar-refractivity contribution is 5.97. The number of carbonyl (C=O) groups excluding carboxylic acids is 2. The molecule has 0 unspecified atom stereocenters. The highest BCUT2D eigenvalue weighted by Gasteiger charge is 2.13. The standard InChI is InChI=1S/C23H27N3O3/c1-2-29-23(28)20-10-6-7-11-21(20)26-19-14-18(15-24-16-19)22(27)25-13-12-17-8-4-3-5-9-17/h6-8,10-11,14-16,26H,2-5,9,12-13H2,1H3,(H,25,27). The molecule has 1 aromatic heterocycles. The van der Waals surface area contributed by atoms with E-state index < -0.39 is 5.97 Å². The molecule has 0 radical (unpaired) electrons. The van der Waals surface area contributed by atoms with Gasteiger partial charge in [0.1, 0.15) is 0 Å². The molecule has 1 heterocycles. The second-order valence-corrected chi connectivity index (χ2v) is 6.97. The van der Waals surface area contributed by atoms with Crippen molar-refractivity contribution in [3.63, 3.8) is 0 Å². The lowest BCUT2D eigenvalue weighted by Crippen LogP contribution is -2.25. The number of esters is 1. The number of para-hydroxylation sites is 1. The Balaban J connectivity index is 1.63. The van der Waals surface area contributed by atoms with Gasteiger partial charge in [-0.25, -0.2) is 4.79 Å². The molecule has 0 spiro atoms. The molecule has 29 heavy (non-hydrogen) atoms. The highest BCUT2D eigenvalue weighted by Crippen LogP contribution is 2.22. The highest BCUT2D eigenvalue weighted by atomic mass is 16.5. The number of nitrogens with zero attached hydrogens (tertiary/aromatic N) is 1. The Morgan fingerprint density at radius 2 is 2.03 bits per heavy atom. The van der Waals surface area contributed by atoms with Crippen LogP contribution < -0.4 is 10.6 Å². The van der Waals surface area contributed by atoms with E-state index in [1.807, 2.05) is 6.07 Å². The van der Waals surface area contributed by atoms with Crippen LogP contribution in [-0.2, 0) is 4.74 Å². The monoisotopic (exact) mass is 393 g/mol. The smallest absolute Gasteiger partial charge is 0.340 e.